The number of unbranched alkanes of at least 4 members (excludes halogenated alkanes) is 40. The number of rotatable bonds is 63. The first kappa shape index (κ1) is 75.8. The minimum Gasteiger partial charge on any atom is -0.462 e. The van der Waals surface area contributed by atoms with Crippen LogP contribution in [0, 0.1) is 0 Å². The van der Waals surface area contributed by atoms with Crippen LogP contribution in [0.5, 0.6) is 0 Å². The standard InChI is InChI=1S/C73H130O6/c1-4-7-10-13-16-19-22-25-28-31-33-35-36-38-39-42-45-48-51-54-57-60-63-66-72(75)78-69-70(68-77-71(74)65-62-59-56-53-50-47-44-41-30-27-24-21-18-15-12-9-6-3)79-73(76)67-64-61-58-55-52-49-46-43-40-37-34-32-29-26-23-20-17-14-11-8-5-2/h7,10,16,19,25,28,32-35,38-39,70H,4-6,8-9,11-15,17-18,20-24,26-27,29-31,36-37,40-69H2,1-3H3/b10-7-,19-16-,28-25-,34-32-,35-33-,39-38-. The molecule has 0 heterocycles. The Morgan fingerprint density at radius 2 is 0.494 bits per heavy atom. The Bertz CT molecular complexity index is 1450. The zero-order chi connectivity index (χ0) is 57.1. The van der Waals surface area contributed by atoms with Gasteiger partial charge in [0.05, 0.1) is 0 Å². The van der Waals surface area contributed by atoms with Crippen molar-refractivity contribution < 1.29 is 28.6 Å². The van der Waals surface area contributed by atoms with Crippen molar-refractivity contribution in [2.24, 2.45) is 0 Å². The van der Waals surface area contributed by atoms with Gasteiger partial charge in [0.15, 0.2) is 6.10 Å². The van der Waals surface area contributed by atoms with Crippen LogP contribution in [0.3, 0.4) is 0 Å². The summed E-state index contributed by atoms with van der Waals surface area (Å²) in [6, 6.07) is 0. The van der Waals surface area contributed by atoms with Gasteiger partial charge in [-0.3, -0.25) is 14.4 Å². The van der Waals surface area contributed by atoms with Crippen LogP contribution in [-0.2, 0) is 28.6 Å². The van der Waals surface area contributed by atoms with Gasteiger partial charge in [0.2, 0.25) is 0 Å². The number of carbonyl (C=O) groups excluding carboxylic acids is 3. The Hall–Kier alpha value is -3.15. The van der Waals surface area contributed by atoms with Crippen molar-refractivity contribution in [2.75, 3.05) is 13.2 Å². The molecule has 1 unspecified atom stereocenters. The molecule has 458 valence electrons. The first-order valence-corrected chi connectivity index (χ1v) is 34.4. The summed E-state index contributed by atoms with van der Waals surface area (Å²) < 4.78 is 17.0. The molecule has 0 saturated carbocycles. The van der Waals surface area contributed by atoms with E-state index >= 15 is 0 Å². The maximum Gasteiger partial charge on any atom is 0.306 e. The lowest BCUT2D eigenvalue weighted by Crippen LogP contribution is -2.30. The zero-order valence-electron chi connectivity index (χ0n) is 52.6. The number of carbonyl (C=O) groups is 3. The molecule has 0 aliphatic rings. The molecule has 0 aromatic rings. The molecule has 0 bridgehead atoms. The van der Waals surface area contributed by atoms with E-state index in [1.807, 2.05) is 0 Å². The van der Waals surface area contributed by atoms with Gasteiger partial charge in [-0.15, -0.1) is 0 Å². The molecule has 0 saturated heterocycles. The van der Waals surface area contributed by atoms with E-state index in [4.69, 9.17) is 14.2 Å². The predicted octanol–water partition coefficient (Wildman–Crippen LogP) is 23.7. The summed E-state index contributed by atoms with van der Waals surface area (Å²) in [4.78, 5) is 38.5. The van der Waals surface area contributed by atoms with E-state index in [0.29, 0.717) is 19.3 Å². The van der Waals surface area contributed by atoms with Crippen LogP contribution in [0.1, 0.15) is 355 Å². The maximum absolute atomic E-state index is 13.0. The van der Waals surface area contributed by atoms with Gasteiger partial charge >= 0.3 is 17.9 Å². The molecular formula is C73H130O6. The molecule has 0 amide bonds. The van der Waals surface area contributed by atoms with Crippen molar-refractivity contribution in [1.29, 1.82) is 0 Å². The molecule has 0 aromatic carbocycles. The second-order valence-electron chi connectivity index (χ2n) is 23.1. The summed E-state index contributed by atoms with van der Waals surface area (Å²) >= 11 is 0. The normalized spacial score (nSPS) is 12.5. The summed E-state index contributed by atoms with van der Waals surface area (Å²) in [7, 11) is 0. The molecule has 0 fully saturated rings. The van der Waals surface area contributed by atoms with E-state index in [2.05, 4.69) is 93.7 Å². The topological polar surface area (TPSA) is 78.9 Å². The summed E-state index contributed by atoms with van der Waals surface area (Å²) in [5.74, 6) is -0.868. The molecule has 6 nitrogen and oxygen atoms in total. The Morgan fingerprint density at radius 1 is 0.266 bits per heavy atom. The van der Waals surface area contributed by atoms with Crippen LogP contribution >= 0.6 is 0 Å². The van der Waals surface area contributed by atoms with Gasteiger partial charge < -0.3 is 14.2 Å². The SMILES string of the molecule is CC/C=C\C/C=C\C/C=C\C/C=C\C/C=C\CCCCCCCCCC(=O)OCC(COC(=O)CCCCCCCCCCCCCCCCCCC)OC(=O)CCCCCCCCCCC/C=C\CCCCCCCCCC. The molecule has 6 heteroatoms. The second kappa shape index (κ2) is 67.4. The van der Waals surface area contributed by atoms with Crippen molar-refractivity contribution in [1.82, 2.24) is 0 Å². The first-order chi connectivity index (χ1) is 39.0. The Balaban J connectivity index is 4.37. The molecule has 0 radical (unpaired) electrons. The van der Waals surface area contributed by atoms with E-state index in [-0.39, 0.29) is 31.1 Å². The van der Waals surface area contributed by atoms with E-state index in [1.54, 1.807) is 0 Å². The van der Waals surface area contributed by atoms with E-state index in [1.165, 1.54) is 218 Å². The quantitative estimate of drug-likeness (QED) is 0.0261. The van der Waals surface area contributed by atoms with Crippen molar-refractivity contribution >= 4 is 17.9 Å². The molecule has 0 N–H and O–H groups in total. The van der Waals surface area contributed by atoms with Gasteiger partial charge in [-0.1, -0.05) is 318 Å². The van der Waals surface area contributed by atoms with Gasteiger partial charge in [-0.2, -0.15) is 0 Å². The number of esters is 3. The lowest BCUT2D eigenvalue weighted by Gasteiger charge is -2.18. The highest BCUT2D eigenvalue weighted by Crippen LogP contribution is 2.17. The summed E-state index contributed by atoms with van der Waals surface area (Å²) in [6.07, 6.45) is 87.7. The molecule has 0 spiro atoms. The van der Waals surface area contributed by atoms with Crippen LogP contribution in [-0.4, -0.2) is 37.2 Å². The number of hydrogen-bond acceptors (Lipinski definition) is 6. The molecule has 79 heavy (non-hydrogen) atoms. The fraction of sp³-hybridized carbons (Fsp3) is 0.795. The fourth-order valence-electron chi connectivity index (χ4n) is 10.1. The second-order valence-corrected chi connectivity index (χ2v) is 23.1. The average Bonchev–Trinajstić information content (AvgIpc) is 3.45. The molecule has 1 atom stereocenters. The summed E-state index contributed by atoms with van der Waals surface area (Å²) in [6.45, 7) is 6.57. The monoisotopic (exact) mass is 1100 g/mol. The zero-order valence-corrected chi connectivity index (χ0v) is 52.6. The number of allylic oxidation sites excluding steroid dienone is 12. The van der Waals surface area contributed by atoms with Crippen molar-refractivity contribution in [3.63, 3.8) is 0 Å². The predicted molar refractivity (Wildman–Crippen MR) is 344 cm³/mol. The number of hydrogen-bond donors (Lipinski definition) is 0. The van der Waals surface area contributed by atoms with E-state index < -0.39 is 6.10 Å². The van der Waals surface area contributed by atoms with Crippen LogP contribution in [0.2, 0.25) is 0 Å². The molecule has 0 rings (SSSR count). The van der Waals surface area contributed by atoms with Crippen molar-refractivity contribution in [3.05, 3.63) is 72.9 Å². The third-order valence-electron chi connectivity index (χ3n) is 15.2. The Labute approximate surface area is 491 Å². The van der Waals surface area contributed by atoms with Crippen LogP contribution < -0.4 is 0 Å². The highest BCUT2D eigenvalue weighted by molar-refractivity contribution is 5.71. The highest BCUT2D eigenvalue weighted by atomic mass is 16.6. The van der Waals surface area contributed by atoms with Crippen LogP contribution in [0.4, 0.5) is 0 Å². The van der Waals surface area contributed by atoms with Gasteiger partial charge in [0.25, 0.3) is 0 Å². The van der Waals surface area contributed by atoms with E-state index in [0.717, 1.165) is 96.3 Å². The minimum atomic E-state index is -0.782. The third kappa shape index (κ3) is 65.5. The lowest BCUT2D eigenvalue weighted by atomic mass is 10.0. The van der Waals surface area contributed by atoms with Crippen molar-refractivity contribution in [2.45, 2.75) is 361 Å². The summed E-state index contributed by atoms with van der Waals surface area (Å²) in [5.41, 5.74) is 0. The molecule has 0 aliphatic carbocycles. The number of ether oxygens (including phenoxy) is 3. The van der Waals surface area contributed by atoms with Crippen LogP contribution in [0.25, 0.3) is 0 Å². The van der Waals surface area contributed by atoms with Crippen LogP contribution in [0.15, 0.2) is 72.9 Å². The third-order valence-corrected chi connectivity index (χ3v) is 15.2. The molecule has 0 aliphatic heterocycles. The van der Waals surface area contributed by atoms with E-state index in [9.17, 15) is 14.4 Å². The first-order valence-electron chi connectivity index (χ1n) is 34.4. The highest BCUT2D eigenvalue weighted by Gasteiger charge is 2.19. The lowest BCUT2D eigenvalue weighted by molar-refractivity contribution is -0.167. The maximum atomic E-state index is 13.0. The Kier molecular flexibility index (Phi) is 64.7. The van der Waals surface area contributed by atoms with Gasteiger partial charge in [-0.05, 0) is 89.9 Å². The average molecular weight is 1100 g/mol. The summed E-state index contributed by atoms with van der Waals surface area (Å²) in [5, 5.41) is 0. The van der Waals surface area contributed by atoms with Gasteiger partial charge in [0.1, 0.15) is 13.2 Å². The smallest absolute Gasteiger partial charge is 0.306 e. The molecular weight excluding hydrogens is 973 g/mol. The van der Waals surface area contributed by atoms with Gasteiger partial charge in [0, 0.05) is 19.3 Å². The largest absolute Gasteiger partial charge is 0.462 e. The minimum absolute atomic E-state index is 0.0759. The molecule has 0 aromatic heterocycles. The van der Waals surface area contributed by atoms with Gasteiger partial charge in [-0.25, -0.2) is 0 Å². The fourth-order valence-corrected chi connectivity index (χ4v) is 10.1. The Morgan fingerprint density at radius 3 is 0.785 bits per heavy atom. The van der Waals surface area contributed by atoms with Crippen molar-refractivity contribution in [3.8, 4) is 0 Å².